The average molecular weight is 289 g/mol. The van der Waals surface area contributed by atoms with E-state index in [-0.39, 0.29) is 11.7 Å². The molecule has 1 heterocycles. The largest absolute Gasteiger partial charge is 0.493 e. The summed E-state index contributed by atoms with van der Waals surface area (Å²) < 4.78 is 5.84. The number of ketones is 1. The molecule has 0 saturated carbocycles. The third kappa shape index (κ3) is 3.85. The highest BCUT2D eigenvalue weighted by atomic mass is 16.5. The number of ether oxygens (including phenoxy) is 1. The predicted octanol–water partition coefficient (Wildman–Crippen LogP) is 3.52. The fraction of sp³-hybridized carbons (Fsp3) is 0.611. The summed E-state index contributed by atoms with van der Waals surface area (Å²) in [6.45, 7) is 10.9. The molecule has 0 aliphatic carbocycles. The van der Waals surface area contributed by atoms with Crippen molar-refractivity contribution in [2.75, 3.05) is 19.7 Å². The predicted molar refractivity (Wildman–Crippen MR) is 86.2 cm³/mol. The van der Waals surface area contributed by atoms with Crippen molar-refractivity contribution in [3.05, 3.63) is 28.8 Å². The standard InChI is InChI=1S/C18H27NO2/c1-12(2)11-21-17-8-7-16(13(3)14(17)4)18(20)15-6-5-9-19-10-15/h7-8,12,15,19H,5-6,9-11H2,1-4H3. The second-order valence-corrected chi connectivity index (χ2v) is 6.47. The van der Waals surface area contributed by atoms with Crippen LogP contribution >= 0.6 is 0 Å². The van der Waals surface area contributed by atoms with E-state index in [1.54, 1.807) is 0 Å². The first-order valence-corrected chi connectivity index (χ1v) is 7.98. The van der Waals surface area contributed by atoms with E-state index in [2.05, 4.69) is 19.2 Å². The molecule has 1 fully saturated rings. The minimum absolute atomic E-state index is 0.124. The molecular formula is C18H27NO2. The lowest BCUT2D eigenvalue weighted by atomic mass is 9.88. The van der Waals surface area contributed by atoms with E-state index in [0.29, 0.717) is 12.5 Å². The second kappa shape index (κ2) is 7.08. The summed E-state index contributed by atoms with van der Waals surface area (Å²) in [4.78, 5) is 12.7. The minimum Gasteiger partial charge on any atom is -0.493 e. The Balaban J connectivity index is 2.17. The number of piperidine rings is 1. The molecule has 21 heavy (non-hydrogen) atoms. The molecule has 1 aromatic rings. The van der Waals surface area contributed by atoms with Crippen molar-refractivity contribution in [3.63, 3.8) is 0 Å². The van der Waals surface area contributed by atoms with Gasteiger partial charge in [-0.15, -0.1) is 0 Å². The molecule has 1 aliphatic rings. The van der Waals surface area contributed by atoms with Crippen molar-refractivity contribution in [2.24, 2.45) is 11.8 Å². The van der Waals surface area contributed by atoms with Crippen molar-refractivity contribution in [1.29, 1.82) is 0 Å². The van der Waals surface area contributed by atoms with Gasteiger partial charge in [-0.2, -0.15) is 0 Å². The highest BCUT2D eigenvalue weighted by Gasteiger charge is 2.24. The summed E-state index contributed by atoms with van der Waals surface area (Å²) in [5, 5.41) is 3.32. The van der Waals surface area contributed by atoms with Crippen LogP contribution in [0, 0.1) is 25.7 Å². The lowest BCUT2D eigenvalue weighted by Crippen LogP contribution is -2.34. The number of hydrogen-bond donors (Lipinski definition) is 1. The highest BCUT2D eigenvalue weighted by molar-refractivity contribution is 5.99. The number of hydrogen-bond acceptors (Lipinski definition) is 3. The Hall–Kier alpha value is -1.35. The first-order valence-electron chi connectivity index (χ1n) is 7.98. The Bertz CT molecular complexity index is 502. The van der Waals surface area contributed by atoms with Gasteiger partial charge < -0.3 is 10.1 Å². The fourth-order valence-corrected chi connectivity index (χ4v) is 2.77. The number of rotatable bonds is 5. The number of Topliss-reactive ketones (excluding diaryl/α,β-unsaturated/α-hetero) is 1. The second-order valence-electron chi connectivity index (χ2n) is 6.47. The topological polar surface area (TPSA) is 38.3 Å². The Labute approximate surface area is 128 Å². The van der Waals surface area contributed by atoms with Gasteiger partial charge in [-0.25, -0.2) is 0 Å². The van der Waals surface area contributed by atoms with E-state index in [4.69, 9.17) is 4.74 Å². The van der Waals surface area contributed by atoms with Gasteiger partial charge in [-0.05, 0) is 62.4 Å². The molecule has 0 amide bonds. The molecule has 0 spiro atoms. The molecular weight excluding hydrogens is 262 g/mol. The van der Waals surface area contributed by atoms with E-state index in [1.165, 1.54) is 0 Å². The van der Waals surface area contributed by atoms with Gasteiger partial charge in [0.1, 0.15) is 5.75 Å². The highest BCUT2D eigenvalue weighted by Crippen LogP contribution is 2.27. The monoisotopic (exact) mass is 289 g/mol. The van der Waals surface area contributed by atoms with E-state index < -0.39 is 0 Å². The van der Waals surface area contributed by atoms with Gasteiger partial charge >= 0.3 is 0 Å². The zero-order valence-electron chi connectivity index (χ0n) is 13.7. The summed E-state index contributed by atoms with van der Waals surface area (Å²) in [6.07, 6.45) is 2.08. The maximum atomic E-state index is 12.7. The van der Waals surface area contributed by atoms with Crippen molar-refractivity contribution >= 4 is 5.78 Å². The van der Waals surface area contributed by atoms with Gasteiger partial charge in [-0.1, -0.05) is 13.8 Å². The van der Waals surface area contributed by atoms with Crippen LogP contribution in [0.1, 0.15) is 48.2 Å². The molecule has 1 aromatic carbocycles. The van der Waals surface area contributed by atoms with Crippen LogP contribution in [0.4, 0.5) is 0 Å². The van der Waals surface area contributed by atoms with Crippen LogP contribution in [0.2, 0.25) is 0 Å². The number of carbonyl (C=O) groups excluding carboxylic acids is 1. The van der Waals surface area contributed by atoms with E-state index >= 15 is 0 Å². The molecule has 3 nitrogen and oxygen atoms in total. The number of benzene rings is 1. The zero-order valence-corrected chi connectivity index (χ0v) is 13.7. The van der Waals surface area contributed by atoms with Crippen LogP contribution in [-0.4, -0.2) is 25.5 Å². The van der Waals surface area contributed by atoms with Gasteiger partial charge in [0.2, 0.25) is 0 Å². The van der Waals surface area contributed by atoms with Crippen LogP contribution in [0.25, 0.3) is 0 Å². The maximum absolute atomic E-state index is 12.7. The molecule has 3 heteroatoms. The van der Waals surface area contributed by atoms with Crippen LogP contribution < -0.4 is 10.1 Å². The number of carbonyl (C=O) groups is 1. The Morgan fingerprint density at radius 3 is 2.71 bits per heavy atom. The molecule has 2 rings (SSSR count). The van der Waals surface area contributed by atoms with E-state index in [1.807, 2.05) is 26.0 Å². The first kappa shape index (κ1) is 16.0. The van der Waals surface area contributed by atoms with Gasteiger partial charge in [0, 0.05) is 18.0 Å². The zero-order chi connectivity index (χ0) is 15.4. The SMILES string of the molecule is Cc1c(OCC(C)C)ccc(C(=O)C2CCCNC2)c1C. The van der Waals surface area contributed by atoms with Crippen molar-refractivity contribution in [2.45, 2.75) is 40.5 Å². The minimum atomic E-state index is 0.124. The molecule has 1 atom stereocenters. The maximum Gasteiger partial charge on any atom is 0.167 e. The summed E-state index contributed by atoms with van der Waals surface area (Å²) in [5.41, 5.74) is 3.01. The molecule has 1 saturated heterocycles. The van der Waals surface area contributed by atoms with Crippen LogP contribution in [0.3, 0.4) is 0 Å². The molecule has 1 N–H and O–H groups in total. The smallest absolute Gasteiger partial charge is 0.167 e. The lowest BCUT2D eigenvalue weighted by Gasteiger charge is -2.23. The quantitative estimate of drug-likeness (QED) is 0.843. The van der Waals surface area contributed by atoms with Crippen molar-refractivity contribution in [3.8, 4) is 5.75 Å². The summed E-state index contributed by atoms with van der Waals surface area (Å²) in [6, 6.07) is 3.89. The first-order chi connectivity index (χ1) is 10.0. The molecule has 116 valence electrons. The molecule has 0 bridgehead atoms. The summed E-state index contributed by atoms with van der Waals surface area (Å²) in [5.74, 6) is 1.80. The molecule has 1 aliphatic heterocycles. The molecule has 0 aromatic heterocycles. The third-order valence-corrected chi connectivity index (χ3v) is 4.24. The van der Waals surface area contributed by atoms with Gasteiger partial charge in [-0.3, -0.25) is 4.79 Å². The average Bonchev–Trinajstić information content (AvgIpc) is 2.49. The Kier molecular flexibility index (Phi) is 5.40. The Morgan fingerprint density at radius 2 is 2.10 bits per heavy atom. The fourth-order valence-electron chi connectivity index (χ4n) is 2.77. The molecule has 1 unspecified atom stereocenters. The molecule has 0 radical (unpaired) electrons. The van der Waals surface area contributed by atoms with Crippen LogP contribution in [0.15, 0.2) is 12.1 Å². The third-order valence-electron chi connectivity index (χ3n) is 4.24. The van der Waals surface area contributed by atoms with Crippen molar-refractivity contribution < 1.29 is 9.53 Å². The van der Waals surface area contributed by atoms with Gasteiger partial charge in [0.05, 0.1) is 6.61 Å². The lowest BCUT2D eigenvalue weighted by molar-refractivity contribution is 0.0899. The summed E-state index contributed by atoms with van der Waals surface area (Å²) >= 11 is 0. The van der Waals surface area contributed by atoms with E-state index in [9.17, 15) is 4.79 Å². The van der Waals surface area contributed by atoms with Crippen molar-refractivity contribution in [1.82, 2.24) is 5.32 Å². The van der Waals surface area contributed by atoms with Crippen LogP contribution in [0.5, 0.6) is 5.75 Å². The normalized spacial score (nSPS) is 18.8. The summed E-state index contributed by atoms with van der Waals surface area (Å²) in [7, 11) is 0. The van der Waals surface area contributed by atoms with Crippen LogP contribution in [-0.2, 0) is 0 Å². The van der Waals surface area contributed by atoms with Gasteiger partial charge in [0.15, 0.2) is 5.78 Å². The Morgan fingerprint density at radius 1 is 1.33 bits per heavy atom. The number of nitrogens with one attached hydrogen (secondary N) is 1. The van der Waals surface area contributed by atoms with Gasteiger partial charge in [0.25, 0.3) is 0 Å². The van der Waals surface area contributed by atoms with E-state index in [0.717, 1.165) is 48.4 Å².